The van der Waals surface area contributed by atoms with Crippen molar-refractivity contribution in [3.8, 4) is 17.5 Å². The van der Waals surface area contributed by atoms with Crippen LogP contribution in [0.5, 0.6) is 0 Å². The molecule has 0 bridgehead atoms. The summed E-state index contributed by atoms with van der Waals surface area (Å²) in [5.74, 6) is 1.26. The van der Waals surface area contributed by atoms with Gasteiger partial charge in [0, 0.05) is 35.8 Å². The smallest absolute Gasteiger partial charge is 0.261 e. The molecule has 4 heterocycles. The van der Waals surface area contributed by atoms with Crippen molar-refractivity contribution in [2.24, 2.45) is 0 Å². The van der Waals surface area contributed by atoms with E-state index in [0.29, 0.717) is 36.0 Å². The molecule has 0 radical (unpaired) electrons. The zero-order valence-corrected chi connectivity index (χ0v) is 20.3. The van der Waals surface area contributed by atoms with Crippen LogP contribution in [0.25, 0.3) is 22.4 Å². The monoisotopic (exact) mass is 499 g/mol. The van der Waals surface area contributed by atoms with Crippen LogP contribution in [-0.4, -0.2) is 47.2 Å². The summed E-state index contributed by atoms with van der Waals surface area (Å²) in [7, 11) is 0. The molecule has 0 saturated carbocycles. The molecule has 0 unspecified atom stereocenters. The number of benzene rings is 1. The van der Waals surface area contributed by atoms with Crippen LogP contribution in [0.15, 0.2) is 21.1 Å². The minimum absolute atomic E-state index is 0.432. The molecule has 0 amide bonds. The molecular formula is C23H26BrN5O3. The van der Waals surface area contributed by atoms with Crippen LogP contribution in [0.2, 0.25) is 0 Å². The van der Waals surface area contributed by atoms with Crippen LogP contribution < -0.4 is 4.90 Å². The van der Waals surface area contributed by atoms with Crippen LogP contribution >= 0.6 is 15.9 Å². The average Bonchev–Trinajstić information content (AvgIpc) is 3.44. The number of nitrogens with zero attached hydrogens (tertiary/aromatic N) is 5. The van der Waals surface area contributed by atoms with Gasteiger partial charge < -0.3 is 18.9 Å². The summed E-state index contributed by atoms with van der Waals surface area (Å²) >= 11 is 3.50. The van der Waals surface area contributed by atoms with E-state index in [4.69, 9.17) is 19.0 Å². The maximum absolute atomic E-state index is 9.68. The lowest BCUT2D eigenvalue weighted by molar-refractivity contribution is -0.169. The highest BCUT2D eigenvalue weighted by atomic mass is 79.9. The van der Waals surface area contributed by atoms with Gasteiger partial charge in [0.15, 0.2) is 11.6 Å². The topological polar surface area (TPSA) is 97.3 Å². The molecular weight excluding hydrogens is 474 g/mol. The predicted octanol–water partition coefficient (Wildman–Crippen LogP) is 4.91. The van der Waals surface area contributed by atoms with Crippen LogP contribution in [0, 0.1) is 25.2 Å². The summed E-state index contributed by atoms with van der Waals surface area (Å²) in [4.78, 5) is 11.6. The van der Waals surface area contributed by atoms with Gasteiger partial charge in [-0.1, -0.05) is 34.9 Å². The molecule has 2 aliphatic heterocycles. The number of aromatic nitrogens is 3. The van der Waals surface area contributed by atoms with Gasteiger partial charge in [0.05, 0.1) is 29.9 Å². The Morgan fingerprint density at radius 2 is 1.78 bits per heavy atom. The second-order valence-electron chi connectivity index (χ2n) is 7.64. The summed E-state index contributed by atoms with van der Waals surface area (Å²) < 4.78 is 18.1. The minimum Gasteiger partial charge on any atom is -0.356 e. The van der Waals surface area contributed by atoms with Gasteiger partial charge in [-0.3, -0.25) is 0 Å². The number of nitriles is 1. The molecule has 8 nitrogen and oxygen atoms in total. The molecule has 0 atom stereocenters. The summed E-state index contributed by atoms with van der Waals surface area (Å²) in [5, 5.41) is 14.5. The Labute approximate surface area is 195 Å². The summed E-state index contributed by atoms with van der Waals surface area (Å²) in [5.41, 5.74) is 2.94. The molecule has 2 aromatic heterocycles. The first-order valence-electron chi connectivity index (χ1n) is 10.9. The van der Waals surface area contributed by atoms with Gasteiger partial charge in [-0.2, -0.15) is 10.2 Å². The van der Waals surface area contributed by atoms with Gasteiger partial charge in [-0.05, 0) is 31.5 Å². The Bertz CT molecular complexity index is 1170. The Balaban J connectivity index is 0.00000119. The molecule has 9 heteroatoms. The zero-order chi connectivity index (χ0) is 22.9. The number of rotatable bonds is 2. The minimum atomic E-state index is -0.480. The van der Waals surface area contributed by atoms with Gasteiger partial charge >= 0.3 is 0 Å². The second kappa shape index (κ2) is 9.14. The van der Waals surface area contributed by atoms with E-state index in [0.717, 1.165) is 52.7 Å². The lowest BCUT2D eigenvalue weighted by Crippen LogP contribution is -2.45. The standard InChI is InChI=1S/C21H20BrN5O3.C2H6/c1-12-16-10-15(22)9-14(11-23)18(16)25-19(17(12)20-24-13(2)26-30-20)27-5-3-21(4-6-27)28-7-8-29-21;1-2/h9-10H,3-8H2,1-2H3;1-2H3. The fourth-order valence-corrected chi connectivity index (χ4v) is 4.74. The van der Waals surface area contributed by atoms with Crippen molar-refractivity contribution in [2.45, 2.75) is 46.3 Å². The predicted molar refractivity (Wildman–Crippen MR) is 124 cm³/mol. The molecule has 5 rings (SSSR count). The van der Waals surface area contributed by atoms with Crippen molar-refractivity contribution in [1.82, 2.24) is 15.1 Å². The average molecular weight is 500 g/mol. The Hall–Kier alpha value is -2.54. The number of anilines is 1. The van der Waals surface area contributed by atoms with Gasteiger partial charge in [-0.15, -0.1) is 0 Å². The Morgan fingerprint density at radius 1 is 1.09 bits per heavy atom. The molecule has 32 heavy (non-hydrogen) atoms. The second-order valence-corrected chi connectivity index (χ2v) is 8.55. The van der Waals surface area contributed by atoms with Crippen LogP contribution in [0.3, 0.4) is 0 Å². The lowest BCUT2D eigenvalue weighted by atomic mass is 9.98. The SMILES string of the molecule is CC.Cc1noc(-c2c(N3CCC4(CC3)OCCO4)nc3c(C#N)cc(Br)cc3c2C)n1. The van der Waals surface area contributed by atoms with E-state index in [1.54, 1.807) is 13.0 Å². The summed E-state index contributed by atoms with van der Waals surface area (Å²) in [6.07, 6.45) is 1.50. The van der Waals surface area contributed by atoms with Crippen molar-refractivity contribution < 1.29 is 14.0 Å². The number of hydrogen-bond acceptors (Lipinski definition) is 8. The molecule has 2 aliphatic rings. The third-order valence-corrected chi connectivity index (χ3v) is 6.25. The third-order valence-electron chi connectivity index (χ3n) is 5.80. The highest BCUT2D eigenvalue weighted by Gasteiger charge is 2.41. The highest BCUT2D eigenvalue weighted by molar-refractivity contribution is 9.10. The fourth-order valence-electron chi connectivity index (χ4n) is 4.28. The van der Waals surface area contributed by atoms with E-state index in [1.165, 1.54) is 0 Å². The number of halogens is 1. The van der Waals surface area contributed by atoms with E-state index in [1.807, 2.05) is 26.8 Å². The molecule has 2 fully saturated rings. The van der Waals surface area contributed by atoms with Gasteiger partial charge in [-0.25, -0.2) is 4.98 Å². The van der Waals surface area contributed by atoms with E-state index in [-0.39, 0.29) is 0 Å². The highest BCUT2D eigenvalue weighted by Crippen LogP contribution is 2.40. The normalized spacial score (nSPS) is 17.3. The van der Waals surface area contributed by atoms with E-state index >= 15 is 0 Å². The molecule has 1 spiro atoms. The fraction of sp³-hybridized carbons (Fsp3) is 0.478. The summed E-state index contributed by atoms with van der Waals surface area (Å²) in [6, 6.07) is 6.03. The molecule has 2 saturated heterocycles. The largest absolute Gasteiger partial charge is 0.356 e. The Morgan fingerprint density at radius 3 is 2.38 bits per heavy atom. The van der Waals surface area contributed by atoms with E-state index < -0.39 is 5.79 Å². The van der Waals surface area contributed by atoms with Crippen molar-refractivity contribution in [2.75, 3.05) is 31.2 Å². The molecule has 0 N–H and O–H groups in total. The van der Waals surface area contributed by atoms with Gasteiger partial charge in [0.2, 0.25) is 0 Å². The number of fused-ring (bicyclic) bond motifs is 1. The molecule has 1 aromatic carbocycles. The number of aryl methyl sites for hydroxylation is 2. The maximum atomic E-state index is 9.68. The first kappa shape index (κ1) is 22.6. The number of hydrogen-bond donors (Lipinski definition) is 0. The van der Waals surface area contributed by atoms with Crippen molar-refractivity contribution in [3.63, 3.8) is 0 Å². The van der Waals surface area contributed by atoms with Crippen molar-refractivity contribution >= 4 is 32.7 Å². The first-order valence-corrected chi connectivity index (χ1v) is 11.7. The van der Waals surface area contributed by atoms with Crippen LogP contribution in [0.4, 0.5) is 5.82 Å². The first-order chi connectivity index (χ1) is 15.5. The van der Waals surface area contributed by atoms with E-state index in [9.17, 15) is 5.26 Å². The molecule has 168 valence electrons. The summed E-state index contributed by atoms with van der Waals surface area (Å²) in [6.45, 7) is 10.5. The van der Waals surface area contributed by atoms with Gasteiger partial charge in [0.25, 0.3) is 5.89 Å². The van der Waals surface area contributed by atoms with Crippen molar-refractivity contribution in [1.29, 1.82) is 5.26 Å². The number of ether oxygens (including phenoxy) is 2. The number of pyridine rings is 1. The quantitative estimate of drug-likeness (QED) is 0.490. The molecule has 3 aromatic rings. The van der Waals surface area contributed by atoms with E-state index in [2.05, 4.69) is 37.0 Å². The number of piperidine rings is 1. The maximum Gasteiger partial charge on any atom is 0.261 e. The lowest BCUT2D eigenvalue weighted by Gasteiger charge is -2.38. The zero-order valence-electron chi connectivity index (χ0n) is 18.7. The van der Waals surface area contributed by atoms with Gasteiger partial charge in [0.1, 0.15) is 11.9 Å². The Kier molecular flexibility index (Phi) is 6.47. The third kappa shape index (κ3) is 3.98. The van der Waals surface area contributed by atoms with Crippen molar-refractivity contribution in [3.05, 3.63) is 33.6 Å². The van der Waals surface area contributed by atoms with Crippen LogP contribution in [-0.2, 0) is 9.47 Å². The van der Waals surface area contributed by atoms with Crippen LogP contribution in [0.1, 0.15) is 43.6 Å². The molecule has 0 aliphatic carbocycles.